The van der Waals surface area contributed by atoms with E-state index in [1.807, 2.05) is 0 Å². The van der Waals surface area contributed by atoms with Crippen LogP contribution < -0.4 is 0 Å². The van der Waals surface area contributed by atoms with Crippen LogP contribution in [0.15, 0.2) is 0 Å². The molecule has 0 aliphatic carbocycles. The number of halogens is 2. The Balaban J connectivity index is 0.00000128. The molecule has 0 spiro atoms. The van der Waals surface area contributed by atoms with Crippen molar-refractivity contribution >= 4 is 47.2 Å². The molecule has 0 unspecified atom stereocenters. The van der Waals surface area contributed by atoms with Gasteiger partial charge in [-0.2, -0.15) is 0 Å². The molecule has 2 rings (SSSR count). The van der Waals surface area contributed by atoms with E-state index in [1.54, 1.807) is 0 Å². The van der Waals surface area contributed by atoms with Crippen LogP contribution in [0.4, 0.5) is 9.59 Å². The van der Waals surface area contributed by atoms with Crippen LogP contribution in [0.1, 0.15) is 0 Å². The van der Waals surface area contributed by atoms with Gasteiger partial charge >= 0.3 is 19.0 Å². The van der Waals surface area contributed by atoms with Crippen LogP contribution in [0.2, 0.25) is 0 Å². The molecule has 16 heavy (non-hydrogen) atoms. The number of carbonyl (C=O) groups is 2. The predicted molar refractivity (Wildman–Crippen MR) is 59.9 cm³/mol. The maximum Gasteiger partial charge on any atom is 0.417 e. The standard InChI is InChI=1S/C6H8ClN2O5P.BrH/c7-15(12,8-1-3-13-5(8)10)9-2-4-14-6(9)11;/h1-4H2;1H. The fourth-order valence-electron chi connectivity index (χ4n) is 1.35. The highest BCUT2D eigenvalue weighted by Crippen LogP contribution is 2.59. The lowest BCUT2D eigenvalue weighted by atomic mass is 10.7. The third-order valence-corrected chi connectivity index (χ3v) is 5.09. The zero-order chi connectivity index (χ0) is 11.1. The Morgan fingerprint density at radius 3 is 1.69 bits per heavy atom. The van der Waals surface area contributed by atoms with E-state index in [0.717, 1.165) is 9.34 Å². The van der Waals surface area contributed by atoms with E-state index in [0.29, 0.717) is 0 Å². The summed E-state index contributed by atoms with van der Waals surface area (Å²) in [5.74, 6) is 0. The van der Waals surface area contributed by atoms with Crippen molar-refractivity contribution in [3.8, 4) is 0 Å². The highest BCUT2D eigenvalue weighted by atomic mass is 79.9. The SMILES string of the molecule is Br.O=C1OCCN1P(=O)(Cl)N1CCOC1=O. The van der Waals surface area contributed by atoms with Crippen molar-refractivity contribution in [2.24, 2.45) is 0 Å². The molecule has 2 saturated heterocycles. The Morgan fingerprint density at radius 2 is 1.44 bits per heavy atom. The molecule has 2 aliphatic rings. The van der Waals surface area contributed by atoms with Gasteiger partial charge < -0.3 is 9.47 Å². The first-order chi connectivity index (χ1) is 7.03. The molecule has 92 valence electrons. The number of ether oxygens (including phenoxy) is 2. The average molecular weight is 335 g/mol. The highest BCUT2D eigenvalue weighted by molar-refractivity contribution is 8.93. The fourth-order valence-corrected chi connectivity index (χ4v) is 3.61. The van der Waals surface area contributed by atoms with E-state index < -0.39 is 19.0 Å². The summed E-state index contributed by atoms with van der Waals surface area (Å²) in [5, 5.41) is 0. The minimum absolute atomic E-state index is 0. The normalized spacial score (nSPS) is 20.6. The van der Waals surface area contributed by atoms with E-state index >= 15 is 0 Å². The van der Waals surface area contributed by atoms with Crippen LogP contribution in [0.25, 0.3) is 0 Å². The topological polar surface area (TPSA) is 76.2 Å². The van der Waals surface area contributed by atoms with Crippen LogP contribution in [0.5, 0.6) is 0 Å². The maximum atomic E-state index is 12.1. The zero-order valence-electron chi connectivity index (χ0n) is 8.00. The molecule has 2 heterocycles. The van der Waals surface area contributed by atoms with Crippen molar-refractivity contribution in [1.82, 2.24) is 9.34 Å². The average Bonchev–Trinajstić information content (AvgIpc) is 2.73. The van der Waals surface area contributed by atoms with Crippen molar-refractivity contribution in [3.05, 3.63) is 0 Å². The van der Waals surface area contributed by atoms with Crippen LogP contribution in [-0.4, -0.2) is 47.8 Å². The Morgan fingerprint density at radius 1 is 1.06 bits per heavy atom. The molecule has 0 bridgehead atoms. The predicted octanol–water partition coefficient (Wildman–Crippen LogP) is 1.82. The van der Waals surface area contributed by atoms with Gasteiger partial charge in [0, 0.05) is 0 Å². The van der Waals surface area contributed by atoms with Crippen molar-refractivity contribution in [3.63, 3.8) is 0 Å². The van der Waals surface area contributed by atoms with E-state index in [1.165, 1.54) is 0 Å². The number of nitrogens with zero attached hydrogens (tertiary/aromatic N) is 2. The largest absolute Gasteiger partial charge is 0.447 e. The Bertz CT molecular complexity index is 337. The van der Waals surface area contributed by atoms with E-state index in [2.05, 4.69) is 9.47 Å². The molecule has 0 N–H and O–H groups in total. The van der Waals surface area contributed by atoms with E-state index in [4.69, 9.17) is 11.2 Å². The lowest BCUT2D eigenvalue weighted by Crippen LogP contribution is -2.30. The minimum atomic E-state index is -3.71. The monoisotopic (exact) mass is 334 g/mol. The molecule has 2 amide bonds. The number of carbonyl (C=O) groups excluding carboxylic acids is 2. The molecule has 10 heteroatoms. The molecular weight excluding hydrogens is 326 g/mol. The van der Waals surface area contributed by atoms with E-state index in [9.17, 15) is 14.2 Å². The van der Waals surface area contributed by atoms with Crippen molar-refractivity contribution in [2.45, 2.75) is 0 Å². The number of amides is 2. The first-order valence-corrected chi connectivity index (χ1v) is 6.74. The smallest absolute Gasteiger partial charge is 0.417 e. The molecule has 0 aromatic carbocycles. The highest BCUT2D eigenvalue weighted by Gasteiger charge is 2.47. The molecule has 0 aromatic rings. The quantitative estimate of drug-likeness (QED) is 0.719. The third kappa shape index (κ3) is 2.14. The summed E-state index contributed by atoms with van der Waals surface area (Å²) in [6.45, 7) is -3.23. The number of rotatable bonds is 2. The minimum Gasteiger partial charge on any atom is -0.447 e. The molecule has 0 radical (unpaired) electrons. The second kappa shape index (κ2) is 4.81. The third-order valence-electron chi connectivity index (χ3n) is 2.07. The van der Waals surface area contributed by atoms with Gasteiger partial charge in [-0.15, -0.1) is 17.0 Å². The molecule has 0 atom stereocenters. The Kier molecular flexibility index (Phi) is 4.09. The first kappa shape index (κ1) is 13.6. The summed E-state index contributed by atoms with van der Waals surface area (Å²) >= 11 is 5.74. The Hall–Kier alpha value is -0.460. The summed E-state index contributed by atoms with van der Waals surface area (Å²) in [5.41, 5.74) is 0. The summed E-state index contributed by atoms with van der Waals surface area (Å²) in [6.07, 6.45) is -1.54. The fraction of sp³-hybridized carbons (Fsp3) is 0.667. The van der Waals surface area contributed by atoms with Gasteiger partial charge in [-0.3, -0.25) is 4.57 Å². The van der Waals surface area contributed by atoms with Crippen LogP contribution in [-0.2, 0) is 14.0 Å². The molecule has 2 aliphatic heterocycles. The van der Waals surface area contributed by atoms with Gasteiger partial charge in [0.2, 0.25) is 0 Å². The molecular formula is C6H9BrClN2O5P. The molecule has 0 aromatic heterocycles. The number of cyclic esters (lactones) is 2. The molecule has 0 saturated carbocycles. The van der Waals surface area contributed by atoms with Gasteiger partial charge in [0.1, 0.15) is 13.2 Å². The van der Waals surface area contributed by atoms with Crippen molar-refractivity contribution < 1.29 is 23.6 Å². The van der Waals surface area contributed by atoms with Crippen LogP contribution in [0.3, 0.4) is 0 Å². The summed E-state index contributed by atoms with van der Waals surface area (Å²) in [6, 6.07) is 0. The summed E-state index contributed by atoms with van der Waals surface area (Å²) in [4.78, 5) is 22.3. The summed E-state index contributed by atoms with van der Waals surface area (Å²) in [7, 11) is 0. The van der Waals surface area contributed by atoms with Gasteiger partial charge in [-0.05, 0) is 11.2 Å². The second-order valence-electron chi connectivity index (χ2n) is 2.95. The summed E-state index contributed by atoms with van der Waals surface area (Å²) < 4.78 is 23.0. The first-order valence-electron chi connectivity index (χ1n) is 4.23. The van der Waals surface area contributed by atoms with Crippen LogP contribution in [0, 0.1) is 0 Å². The second-order valence-corrected chi connectivity index (χ2v) is 6.18. The Labute approximate surface area is 107 Å². The molecule has 7 nitrogen and oxygen atoms in total. The number of hydrogen-bond acceptors (Lipinski definition) is 5. The van der Waals surface area contributed by atoms with Gasteiger partial charge in [-0.1, -0.05) is 0 Å². The van der Waals surface area contributed by atoms with Gasteiger partial charge in [0.15, 0.2) is 0 Å². The van der Waals surface area contributed by atoms with Crippen LogP contribution >= 0.6 is 35.0 Å². The molecule has 2 fully saturated rings. The van der Waals surface area contributed by atoms with Gasteiger partial charge in [0.05, 0.1) is 13.1 Å². The van der Waals surface area contributed by atoms with Gasteiger partial charge in [0.25, 0.3) is 0 Å². The lowest BCUT2D eigenvalue weighted by Gasteiger charge is -2.25. The van der Waals surface area contributed by atoms with Crippen molar-refractivity contribution in [1.29, 1.82) is 0 Å². The van der Waals surface area contributed by atoms with E-state index in [-0.39, 0.29) is 43.3 Å². The lowest BCUT2D eigenvalue weighted by molar-refractivity contribution is 0.166. The maximum absolute atomic E-state index is 12.1. The number of hydrogen-bond donors (Lipinski definition) is 0. The zero-order valence-corrected chi connectivity index (χ0v) is 11.4. The van der Waals surface area contributed by atoms with Gasteiger partial charge in [-0.25, -0.2) is 18.9 Å². The van der Waals surface area contributed by atoms with Crippen molar-refractivity contribution in [2.75, 3.05) is 26.3 Å².